The normalized spacial score (nSPS) is 23.4. The smallest absolute Gasteiger partial charge is 0.322 e. The van der Waals surface area contributed by atoms with Gasteiger partial charge < -0.3 is 20.3 Å². The largest absolute Gasteiger partial charge is 0.491 e. The van der Waals surface area contributed by atoms with Crippen molar-refractivity contribution in [2.45, 2.75) is 38.3 Å². The molecular weight excluding hydrogens is 324 g/mol. The summed E-state index contributed by atoms with van der Waals surface area (Å²) in [5, 5.41) is 7.64. The highest BCUT2D eigenvalue weighted by Gasteiger charge is 2.51. The summed E-state index contributed by atoms with van der Waals surface area (Å²) in [5.74, 6) is 0.372. The molecule has 2 aliphatic rings. The molecule has 8 heteroatoms. The van der Waals surface area contributed by atoms with Crippen LogP contribution in [-0.2, 0) is 4.79 Å². The van der Waals surface area contributed by atoms with Crippen molar-refractivity contribution in [3.63, 3.8) is 0 Å². The molecule has 25 heavy (non-hydrogen) atoms. The van der Waals surface area contributed by atoms with Crippen molar-refractivity contribution in [1.29, 1.82) is 0 Å². The highest BCUT2D eigenvalue weighted by atomic mass is 16.5. The molecule has 0 bridgehead atoms. The second-order valence-electron chi connectivity index (χ2n) is 6.45. The third kappa shape index (κ3) is 3.52. The first-order valence-corrected chi connectivity index (χ1v) is 8.38. The van der Waals surface area contributed by atoms with Crippen LogP contribution in [0, 0.1) is 0 Å². The number of anilines is 1. The van der Waals surface area contributed by atoms with Crippen LogP contribution in [0.3, 0.4) is 0 Å². The Morgan fingerprint density at radius 1 is 1.36 bits per heavy atom. The Hall–Kier alpha value is -2.77. The van der Waals surface area contributed by atoms with Gasteiger partial charge in [0.1, 0.15) is 11.3 Å². The van der Waals surface area contributed by atoms with Crippen molar-refractivity contribution in [3.05, 3.63) is 24.3 Å². The number of amides is 5. The quantitative estimate of drug-likeness (QED) is 0.722. The van der Waals surface area contributed by atoms with Crippen LogP contribution in [0.5, 0.6) is 5.75 Å². The van der Waals surface area contributed by atoms with E-state index in [9.17, 15) is 14.4 Å². The fraction of sp³-hybridized carbons (Fsp3) is 0.471. The first kappa shape index (κ1) is 17.1. The van der Waals surface area contributed by atoms with Crippen LogP contribution in [-0.4, -0.2) is 47.6 Å². The summed E-state index contributed by atoms with van der Waals surface area (Å²) in [6.45, 7) is 4.60. The summed E-state index contributed by atoms with van der Waals surface area (Å²) < 4.78 is 5.70. The van der Waals surface area contributed by atoms with Crippen LogP contribution < -0.4 is 20.7 Å². The zero-order valence-electron chi connectivity index (χ0n) is 14.3. The fourth-order valence-electron chi connectivity index (χ4n) is 2.93. The van der Waals surface area contributed by atoms with E-state index in [1.54, 1.807) is 24.3 Å². The number of nitrogens with one attached hydrogen (secondary N) is 3. The lowest BCUT2D eigenvalue weighted by Crippen LogP contribution is -2.50. The Balaban J connectivity index is 1.58. The molecule has 1 aromatic carbocycles. The maximum atomic E-state index is 12.4. The lowest BCUT2D eigenvalue weighted by Gasteiger charge is -2.21. The molecule has 2 saturated heterocycles. The molecular formula is C17H22N4O4. The van der Waals surface area contributed by atoms with Crippen LogP contribution in [0.15, 0.2) is 24.3 Å². The molecule has 0 aromatic heterocycles. The minimum Gasteiger partial charge on any atom is -0.491 e. The molecule has 2 heterocycles. The second-order valence-corrected chi connectivity index (χ2v) is 6.45. The molecule has 2 aliphatic heterocycles. The maximum absolute atomic E-state index is 12.4. The summed E-state index contributed by atoms with van der Waals surface area (Å²) >= 11 is 0. The van der Waals surface area contributed by atoms with Crippen molar-refractivity contribution in [2.24, 2.45) is 0 Å². The molecule has 1 aromatic rings. The van der Waals surface area contributed by atoms with Crippen LogP contribution in [0.2, 0.25) is 0 Å². The van der Waals surface area contributed by atoms with Gasteiger partial charge in [-0.25, -0.2) is 9.59 Å². The molecule has 0 aliphatic carbocycles. The molecule has 0 saturated carbocycles. The summed E-state index contributed by atoms with van der Waals surface area (Å²) in [5.41, 5.74) is -0.357. The van der Waals surface area contributed by atoms with E-state index < -0.39 is 11.6 Å². The Morgan fingerprint density at radius 3 is 2.68 bits per heavy atom. The SMILES string of the molecule is CCC(C)Oc1ccc(NC(=O)N2CCC3(C2)NC(=O)NC3=O)cc1. The number of nitrogens with zero attached hydrogens (tertiary/aromatic N) is 1. The monoisotopic (exact) mass is 346 g/mol. The number of carbonyl (C=O) groups is 3. The van der Waals surface area contributed by atoms with E-state index in [-0.39, 0.29) is 24.6 Å². The minimum absolute atomic E-state index is 0.133. The number of urea groups is 2. The van der Waals surface area contributed by atoms with Crippen molar-refractivity contribution >= 4 is 23.7 Å². The van der Waals surface area contributed by atoms with Gasteiger partial charge in [-0.1, -0.05) is 6.92 Å². The molecule has 0 radical (unpaired) electrons. The van der Waals surface area contributed by atoms with Gasteiger partial charge in [-0.2, -0.15) is 0 Å². The predicted molar refractivity (Wildman–Crippen MR) is 91.4 cm³/mol. The number of carbonyl (C=O) groups excluding carboxylic acids is 3. The molecule has 8 nitrogen and oxygen atoms in total. The third-order valence-corrected chi connectivity index (χ3v) is 4.59. The zero-order chi connectivity index (χ0) is 18.0. The molecule has 134 valence electrons. The molecule has 2 atom stereocenters. The maximum Gasteiger partial charge on any atom is 0.322 e. The van der Waals surface area contributed by atoms with E-state index >= 15 is 0 Å². The molecule has 2 fully saturated rings. The highest BCUT2D eigenvalue weighted by molar-refractivity contribution is 6.08. The van der Waals surface area contributed by atoms with E-state index in [0.717, 1.165) is 12.2 Å². The van der Waals surface area contributed by atoms with Crippen molar-refractivity contribution in [1.82, 2.24) is 15.5 Å². The number of ether oxygens (including phenoxy) is 1. The number of hydrogen-bond donors (Lipinski definition) is 3. The molecule has 3 N–H and O–H groups in total. The van der Waals surface area contributed by atoms with Crippen LogP contribution >= 0.6 is 0 Å². The number of rotatable bonds is 4. The van der Waals surface area contributed by atoms with Gasteiger partial charge >= 0.3 is 12.1 Å². The standard InChI is InChI=1S/C17H22N4O4/c1-3-11(2)25-13-6-4-12(5-7-13)18-16(24)21-9-8-17(10-21)14(22)19-15(23)20-17/h4-7,11H,3,8-10H2,1-2H3,(H,18,24)(H2,19,20,22,23). The molecule has 3 rings (SSSR count). The topological polar surface area (TPSA) is 99.8 Å². The van der Waals surface area contributed by atoms with E-state index in [1.165, 1.54) is 4.90 Å². The number of hydrogen-bond acceptors (Lipinski definition) is 4. The van der Waals surface area contributed by atoms with Gasteiger partial charge in [0.15, 0.2) is 0 Å². The lowest BCUT2D eigenvalue weighted by atomic mass is 10.00. The summed E-state index contributed by atoms with van der Waals surface area (Å²) in [7, 11) is 0. The van der Waals surface area contributed by atoms with Gasteiger partial charge in [0.05, 0.1) is 12.6 Å². The van der Waals surface area contributed by atoms with E-state index in [4.69, 9.17) is 4.74 Å². The fourth-order valence-corrected chi connectivity index (χ4v) is 2.93. The van der Waals surface area contributed by atoms with Gasteiger partial charge in [0.2, 0.25) is 0 Å². The zero-order valence-corrected chi connectivity index (χ0v) is 14.3. The van der Waals surface area contributed by atoms with Crippen LogP contribution in [0.25, 0.3) is 0 Å². The first-order valence-electron chi connectivity index (χ1n) is 8.38. The molecule has 1 spiro atoms. The van der Waals surface area contributed by atoms with Crippen LogP contribution in [0.4, 0.5) is 15.3 Å². The Labute approximate surface area is 145 Å². The van der Waals surface area contributed by atoms with E-state index in [2.05, 4.69) is 22.9 Å². The highest BCUT2D eigenvalue weighted by Crippen LogP contribution is 2.25. The van der Waals surface area contributed by atoms with Crippen molar-refractivity contribution in [2.75, 3.05) is 18.4 Å². The summed E-state index contributed by atoms with van der Waals surface area (Å²) in [4.78, 5) is 37.2. The first-order chi connectivity index (χ1) is 11.9. The number of imide groups is 1. The van der Waals surface area contributed by atoms with Gasteiger partial charge in [0.25, 0.3) is 5.91 Å². The number of likely N-dealkylation sites (tertiary alicyclic amines) is 1. The Morgan fingerprint density at radius 2 is 2.08 bits per heavy atom. The Bertz CT molecular complexity index is 690. The van der Waals surface area contributed by atoms with E-state index in [0.29, 0.717) is 18.7 Å². The van der Waals surface area contributed by atoms with Crippen molar-refractivity contribution in [3.8, 4) is 5.75 Å². The average Bonchev–Trinajstić information content (AvgIpc) is 3.13. The predicted octanol–water partition coefficient (Wildman–Crippen LogP) is 1.68. The molecule has 5 amide bonds. The van der Waals surface area contributed by atoms with Gasteiger partial charge in [-0.3, -0.25) is 10.1 Å². The average molecular weight is 346 g/mol. The van der Waals surface area contributed by atoms with Crippen LogP contribution in [0.1, 0.15) is 26.7 Å². The second kappa shape index (κ2) is 6.62. The van der Waals surface area contributed by atoms with Gasteiger partial charge in [-0.05, 0) is 44.0 Å². The number of benzene rings is 1. The Kier molecular flexibility index (Phi) is 4.52. The van der Waals surface area contributed by atoms with Crippen molar-refractivity contribution < 1.29 is 19.1 Å². The van der Waals surface area contributed by atoms with Gasteiger partial charge in [0, 0.05) is 12.2 Å². The van der Waals surface area contributed by atoms with E-state index in [1.807, 2.05) is 6.92 Å². The summed E-state index contributed by atoms with van der Waals surface area (Å²) in [6.07, 6.45) is 1.45. The molecule has 2 unspecified atom stereocenters. The lowest BCUT2D eigenvalue weighted by molar-refractivity contribution is -0.123. The third-order valence-electron chi connectivity index (χ3n) is 4.59. The minimum atomic E-state index is -0.998. The van der Waals surface area contributed by atoms with Gasteiger partial charge in [-0.15, -0.1) is 0 Å². The summed E-state index contributed by atoms with van der Waals surface area (Å²) in [6, 6.07) is 6.33.